The third kappa shape index (κ3) is 7.57. The van der Waals surface area contributed by atoms with Crippen molar-refractivity contribution in [1.29, 1.82) is 0 Å². The molecule has 353 valence electrons. The van der Waals surface area contributed by atoms with Crippen molar-refractivity contribution in [3.8, 4) is 67.0 Å². The maximum Gasteiger partial charge on any atom is 0.330 e. The first-order valence-corrected chi connectivity index (χ1v) is 24.9. The van der Waals surface area contributed by atoms with Crippen molar-refractivity contribution in [2.24, 2.45) is 10.8 Å². The fourth-order valence-corrected chi connectivity index (χ4v) is 11.3. The zero-order valence-electron chi connectivity index (χ0n) is 44.1. The smallest absolute Gasteiger partial charge is 0.330 e. The number of hydrogen-bond donors (Lipinski definition) is 1. The van der Waals surface area contributed by atoms with E-state index in [1.807, 2.05) is 26.2 Å². The molecule has 0 aliphatic heterocycles. The lowest BCUT2D eigenvalue weighted by Gasteiger charge is -2.44. The Balaban J connectivity index is 1.08. The first-order valence-electron chi connectivity index (χ1n) is 24.9. The predicted octanol–water partition coefficient (Wildman–Crippen LogP) is 15.5. The van der Waals surface area contributed by atoms with E-state index in [1.54, 1.807) is 21.3 Å². The molecule has 4 nitrogen and oxygen atoms in total. The van der Waals surface area contributed by atoms with E-state index in [4.69, 9.17) is 14.6 Å². The van der Waals surface area contributed by atoms with E-state index in [-0.39, 0.29) is 32.5 Å². The predicted molar refractivity (Wildman–Crippen MR) is 291 cm³/mol. The monoisotopic (exact) mass is 912 g/mol. The molecular formula is C64H72BN2O2. The molecule has 0 spiro atoms. The lowest BCUT2D eigenvalue weighted by molar-refractivity contribution is -0.0893. The highest BCUT2D eigenvalue weighted by atomic mass is 16.5. The number of pyridine rings is 2. The lowest BCUT2D eigenvalue weighted by atomic mass is 9.59. The molecule has 5 aromatic carbocycles. The fourth-order valence-electron chi connectivity index (χ4n) is 11.3. The molecule has 69 heavy (non-hydrogen) atoms. The molecule has 1 radical (unpaired) electrons. The lowest BCUT2D eigenvalue weighted by Crippen LogP contribution is -2.49. The van der Waals surface area contributed by atoms with Crippen molar-refractivity contribution in [1.82, 2.24) is 9.97 Å². The van der Waals surface area contributed by atoms with Crippen LogP contribution in [0.5, 0.6) is 0 Å². The number of hydrogen-bond acceptors (Lipinski definition) is 4. The summed E-state index contributed by atoms with van der Waals surface area (Å²) >= 11 is 0. The van der Waals surface area contributed by atoms with Crippen LogP contribution in [0.1, 0.15) is 133 Å². The summed E-state index contributed by atoms with van der Waals surface area (Å²) in [5.74, 6) is 0. The second-order valence-electron chi connectivity index (χ2n) is 24.4. The van der Waals surface area contributed by atoms with Gasteiger partial charge in [-0.25, -0.2) is 0 Å². The third-order valence-electron chi connectivity index (χ3n) is 19.1. The highest BCUT2D eigenvalue weighted by molar-refractivity contribution is 6.47. The van der Waals surface area contributed by atoms with Gasteiger partial charge in [0.15, 0.2) is 0 Å². The van der Waals surface area contributed by atoms with Crippen LogP contribution in [0.4, 0.5) is 0 Å². The Morgan fingerprint density at radius 3 is 1.10 bits per heavy atom. The fraction of sp³-hybridized carbons (Fsp3) is 0.375. The standard InChI is InChI=1S/C64H72BN2O2/c1-57(2)51-29-25-40(36-53(51)59(5,6)61(57,9)10)55-31-27-42(38-66-55)47-21-17-19-23-49(47)44-33-45(35-46(34-44)65-69-64(15,16)63(13,14)68)50-24-20-18-22-48(50)43-28-32-56(67-39-43)41-26-30-52-54(37-41)60(7,8)62(11,12)58(52,3)4/h17-39,68H,1-16H3. The molecule has 0 fully saturated rings. The van der Waals surface area contributed by atoms with Crippen LogP contribution in [-0.4, -0.2) is 33.8 Å². The van der Waals surface area contributed by atoms with Gasteiger partial charge in [-0.3, -0.25) is 9.97 Å². The van der Waals surface area contributed by atoms with Crippen LogP contribution in [0, 0.1) is 10.8 Å². The second kappa shape index (κ2) is 16.2. The minimum atomic E-state index is -1.08. The Labute approximate surface area is 414 Å². The topological polar surface area (TPSA) is 55.2 Å². The Kier molecular flexibility index (Phi) is 11.4. The summed E-state index contributed by atoms with van der Waals surface area (Å²) < 4.78 is 6.43. The first kappa shape index (κ1) is 48.4. The number of benzene rings is 5. The van der Waals surface area contributed by atoms with Gasteiger partial charge < -0.3 is 9.76 Å². The molecule has 1 N–H and O–H groups in total. The SMILES string of the molecule is CC(C)(O)C(C)(C)O[B]c1cc(-c2ccccc2-c2ccc(-c3ccc4c(c3)C(C)(C)C(C)(C)C4(C)C)nc2)cc(-c2ccccc2-c2ccc(-c3ccc4c(c3)C(C)(C)C(C)(C)C4(C)C)nc2)c1. The molecule has 0 atom stereocenters. The summed E-state index contributed by atoms with van der Waals surface area (Å²) in [6.07, 6.45) is 4.03. The van der Waals surface area contributed by atoms with E-state index < -0.39 is 11.2 Å². The van der Waals surface area contributed by atoms with Crippen molar-refractivity contribution in [2.75, 3.05) is 0 Å². The van der Waals surface area contributed by atoms with E-state index >= 15 is 0 Å². The van der Waals surface area contributed by atoms with Gasteiger partial charge in [0.2, 0.25) is 0 Å². The molecule has 0 bridgehead atoms. The normalized spacial score (nSPS) is 18.1. The average molecular weight is 912 g/mol. The van der Waals surface area contributed by atoms with Gasteiger partial charge in [0.25, 0.3) is 0 Å². The summed E-state index contributed by atoms with van der Waals surface area (Å²) in [6, 6.07) is 46.4. The highest BCUT2D eigenvalue weighted by Crippen LogP contribution is 2.63. The summed E-state index contributed by atoms with van der Waals surface area (Å²) in [5, 5.41) is 11.1. The molecule has 0 unspecified atom stereocenters. The van der Waals surface area contributed by atoms with Gasteiger partial charge in [-0.15, -0.1) is 0 Å². The van der Waals surface area contributed by atoms with E-state index in [9.17, 15) is 5.11 Å². The molecule has 2 aliphatic carbocycles. The number of fused-ring (bicyclic) bond motifs is 2. The maximum atomic E-state index is 11.1. The zero-order chi connectivity index (χ0) is 49.9. The quantitative estimate of drug-likeness (QED) is 0.139. The van der Waals surface area contributed by atoms with Crippen LogP contribution in [0.2, 0.25) is 0 Å². The van der Waals surface area contributed by atoms with Crippen LogP contribution >= 0.6 is 0 Å². The summed E-state index contributed by atoms with van der Waals surface area (Å²) in [5.41, 5.74) is 17.7. The molecular weight excluding hydrogens is 840 g/mol. The van der Waals surface area contributed by atoms with Gasteiger partial charge in [-0.05, 0) is 146 Å². The maximum absolute atomic E-state index is 11.1. The van der Waals surface area contributed by atoms with Crippen molar-refractivity contribution in [3.05, 3.63) is 162 Å². The number of aliphatic hydroxyl groups is 1. The Morgan fingerprint density at radius 2 is 0.754 bits per heavy atom. The van der Waals surface area contributed by atoms with Crippen LogP contribution in [0.25, 0.3) is 67.0 Å². The van der Waals surface area contributed by atoms with Crippen LogP contribution < -0.4 is 5.46 Å². The molecule has 0 saturated heterocycles. The van der Waals surface area contributed by atoms with Crippen molar-refractivity contribution < 1.29 is 9.76 Å². The van der Waals surface area contributed by atoms with Crippen LogP contribution in [0.15, 0.2) is 140 Å². The van der Waals surface area contributed by atoms with Gasteiger partial charge in [-0.2, -0.15) is 0 Å². The first-order chi connectivity index (χ1) is 32.1. The largest absolute Gasteiger partial charge is 0.427 e. The summed E-state index contributed by atoms with van der Waals surface area (Å²) in [4.78, 5) is 10.2. The third-order valence-corrected chi connectivity index (χ3v) is 19.1. The molecule has 2 heterocycles. The van der Waals surface area contributed by atoms with Crippen molar-refractivity contribution >= 4 is 12.9 Å². The van der Waals surface area contributed by atoms with Gasteiger partial charge in [0.1, 0.15) is 0 Å². The number of rotatable bonds is 10. The van der Waals surface area contributed by atoms with Gasteiger partial charge in [0, 0.05) is 34.6 Å². The zero-order valence-corrected chi connectivity index (χ0v) is 44.1. The van der Waals surface area contributed by atoms with Gasteiger partial charge >= 0.3 is 7.48 Å². The Hall–Kier alpha value is -5.62. The van der Waals surface area contributed by atoms with E-state index in [0.29, 0.717) is 0 Å². The number of nitrogens with zero attached hydrogens (tertiary/aromatic N) is 2. The van der Waals surface area contributed by atoms with Crippen molar-refractivity contribution in [3.63, 3.8) is 0 Å². The highest BCUT2D eigenvalue weighted by Gasteiger charge is 2.58. The minimum Gasteiger partial charge on any atom is -0.427 e. The molecule has 9 rings (SSSR count). The second-order valence-corrected chi connectivity index (χ2v) is 24.4. The average Bonchev–Trinajstić information content (AvgIpc) is 3.49. The van der Waals surface area contributed by atoms with Crippen LogP contribution in [-0.2, 0) is 26.3 Å². The van der Waals surface area contributed by atoms with E-state index in [0.717, 1.165) is 72.5 Å². The molecule has 0 amide bonds. The molecule has 7 aromatic rings. The van der Waals surface area contributed by atoms with Gasteiger partial charge in [0.05, 0.1) is 22.6 Å². The minimum absolute atomic E-state index is 0.0128. The molecule has 2 aromatic heterocycles. The van der Waals surface area contributed by atoms with Crippen molar-refractivity contribution in [2.45, 2.75) is 144 Å². The molecule has 5 heteroatoms. The molecule has 2 aliphatic rings. The Bertz CT molecular complexity index is 2910. The molecule has 0 saturated carbocycles. The Morgan fingerprint density at radius 1 is 0.406 bits per heavy atom. The van der Waals surface area contributed by atoms with Gasteiger partial charge in [-0.1, -0.05) is 186 Å². The van der Waals surface area contributed by atoms with E-state index in [2.05, 4.69) is 210 Å². The van der Waals surface area contributed by atoms with E-state index in [1.165, 1.54) is 22.3 Å². The number of aromatic nitrogens is 2. The van der Waals surface area contributed by atoms with Crippen LogP contribution in [0.3, 0.4) is 0 Å². The summed E-state index contributed by atoms with van der Waals surface area (Å²) in [7, 11) is 1.79. The summed E-state index contributed by atoms with van der Waals surface area (Å²) in [6.45, 7) is 36.1.